The number of carbonyl (C=O) groups excluding carboxylic acids is 1. The lowest BCUT2D eigenvalue weighted by molar-refractivity contribution is 0.102. The number of ether oxygens (including phenoxy) is 1. The molecule has 0 aliphatic carbocycles. The van der Waals surface area contributed by atoms with E-state index in [4.69, 9.17) is 4.74 Å². The highest BCUT2D eigenvalue weighted by Gasteiger charge is 2.14. The van der Waals surface area contributed by atoms with E-state index >= 15 is 0 Å². The molecule has 0 spiro atoms. The molecule has 4 nitrogen and oxygen atoms in total. The average molecular weight is 523 g/mol. The highest BCUT2D eigenvalue weighted by Crippen LogP contribution is 2.26. The number of thioether (sulfide) groups is 1. The van der Waals surface area contributed by atoms with Crippen molar-refractivity contribution in [3.8, 4) is 5.75 Å². The molecule has 202 valence electrons. The van der Waals surface area contributed by atoms with Gasteiger partial charge in [0.1, 0.15) is 5.75 Å². The highest BCUT2D eigenvalue weighted by molar-refractivity contribution is 8.02. The second-order valence-corrected chi connectivity index (χ2v) is 11.0. The minimum atomic E-state index is -0.105. The zero-order valence-electron chi connectivity index (χ0n) is 23.0. The molecule has 1 aliphatic heterocycles. The Kier molecular flexibility index (Phi) is 13.5. The van der Waals surface area contributed by atoms with Crippen LogP contribution in [-0.4, -0.2) is 23.3 Å². The minimum Gasteiger partial charge on any atom is -0.491 e. The summed E-state index contributed by atoms with van der Waals surface area (Å²) in [6.45, 7) is 5.90. The third-order valence-electron chi connectivity index (χ3n) is 6.94. The van der Waals surface area contributed by atoms with Crippen molar-refractivity contribution in [3.05, 3.63) is 70.8 Å². The summed E-state index contributed by atoms with van der Waals surface area (Å²) in [5.74, 6) is 1.60. The van der Waals surface area contributed by atoms with E-state index in [9.17, 15) is 4.79 Å². The van der Waals surface area contributed by atoms with E-state index in [1.165, 1.54) is 76.3 Å². The van der Waals surface area contributed by atoms with Crippen molar-refractivity contribution >= 4 is 23.4 Å². The summed E-state index contributed by atoms with van der Waals surface area (Å²) in [7, 11) is 0. The maximum absolute atomic E-state index is 13.0. The normalized spacial score (nSPS) is 13.0. The van der Waals surface area contributed by atoms with Crippen molar-refractivity contribution in [2.24, 2.45) is 0 Å². The molecule has 3 rings (SSSR count). The number of nitrogens with one attached hydrogen (secondary N) is 1. The standard InChI is InChI=1S/C32H46N2O2S/c1-3-4-5-6-7-8-9-10-11-12-13-16-22-36-31-21-15-14-20-30(31)33-32(35)29-19-17-18-28(23-29)24-34-26-37-25-27(34)2/h14-15,17-21,23,25H,3-13,16,22,24,26H2,1-2H3,(H,33,35). The first-order chi connectivity index (χ1) is 18.2. The van der Waals surface area contributed by atoms with E-state index in [1.807, 2.05) is 54.2 Å². The van der Waals surface area contributed by atoms with Crippen LogP contribution in [0.4, 0.5) is 5.69 Å². The van der Waals surface area contributed by atoms with Crippen LogP contribution >= 0.6 is 11.8 Å². The number of allylic oxidation sites excluding steroid dienone is 1. The fourth-order valence-corrected chi connectivity index (χ4v) is 5.58. The molecule has 0 radical (unpaired) electrons. The lowest BCUT2D eigenvalue weighted by Gasteiger charge is -2.19. The van der Waals surface area contributed by atoms with E-state index < -0.39 is 0 Å². The van der Waals surface area contributed by atoms with Gasteiger partial charge in [-0.1, -0.05) is 102 Å². The van der Waals surface area contributed by atoms with E-state index in [-0.39, 0.29) is 5.91 Å². The molecular formula is C32H46N2O2S. The monoisotopic (exact) mass is 522 g/mol. The Morgan fingerprint density at radius 1 is 0.892 bits per heavy atom. The fourth-order valence-electron chi connectivity index (χ4n) is 4.64. The molecule has 37 heavy (non-hydrogen) atoms. The molecule has 0 aromatic heterocycles. The molecule has 1 heterocycles. The quantitative estimate of drug-likeness (QED) is 0.198. The first-order valence-corrected chi connectivity index (χ1v) is 15.4. The van der Waals surface area contributed by atoms with Crippen LogP contribution in [0.15, 0.2) is 59.6 Å². The molecule has 0 fully saturated rings. The van der Waals surface area contributed by atoms with Gasteiger partial charge in [-0.05, 0) is 48.6 Å². The topological polar surface area (TPSA) is 41.6 Å². The molecular weight excluding hydrogens is 476 g/mol. The summed E-state index contributed by atoms with van der Waals surface area (Å²) in [6.07, 6.45) is 15.9. The average Bonchev–Trinajstić information content (AvgIpc) is 3.31. The van der Waals surface area contributed by atoms with Crippen LogP contribution in [0, 0.1) is 0 Å². The van der Waals surface area contributed by atoms with Crippen LogP contribution in [0.1, 0.15) is 107 Å². The van der Waals surface area contributed by atoms with Gasteiger partial charge >= 0.3 is 0 Å². The van der Waals surface area contributed by atoms with E-state index in [0.29, 0.717) is 12.2 Å². The van der Waals surface area contributed by atoms with Crippen molar-refractivity contribution in [1.82, 2.24) is 4.90 Å². The van der Waals surface area contributed by atoms with Gasteiger partial charge in [0.15, 0.2) is 0 Å². The number of hydrogen-bond acceptors (Lipinski definition) is 4. The summed E-state index contributed by atoms with van der Waals surface area (Å²) < 4.78 is 6.06. The maximum Gasteiger partial charge on any atom is 0.255 e. The molecule has 2 aromatic rings. The zero-order valence-corrected chi connectivity index (χ0v) is 23.8. The number of hydrogen-bond donors (Lipinski definition) is 1. The number of para-hydroxylation sites is 2. The summed E-state index contributed by atoms with van der Waals surface area (Å²) in [5.41, 5.74) is 3.81. The van der Waals surface area contributed by atoms with Gasteiger partial charge < -0.3 is 15.0 Å². The lowest BCUT2D eigenvalue weighted by atomic mass is 10.1. The zero-order chi connectivity index (χ0) is 26.1. The van der Waals surface area contributed by atoms with Gasteiger partial charge in [-0.3, -0.25) is 4.79 Å². The summed E-state index contributed by atoms with van der Waals surface area (Å²) in [6, 6.07) is 15.6. The predicted molar refractivity (Wildman–Crippen MR) is 159 cm³/mol. The first-order valence-electron chi connectivity index (χ1n) is 14.3. The summed E-state index contributed by atoms with van der Waals surface area (Å²) in [5, 5.41) is 5.25. The van der Waals surface area contributed by atoms with E-state index in [0.717, 1.165) is 35.8 Å². The van der Waals surface area contributed by atoms with E-state index in [1.54, 1.807) is 0 Å². The van der Waals surface area contributed by atoms with Gasteiger partial charge in [-0.15, -0.1) is 11.8 Å². The Balaban J connectivity index is 1.35. The smallest absolute Gasteiger partial charge is 0.255 e. The number of anilines is 1. The number of carbonyl (C=O) groups is 1. The van der Waals surface area contributed by atoms with Gasteiger partial charge in [0, 0.05) is 17.8 Å². The van der Waals surface area contributed by atoms with Gasteiger partial charge in [0.2, 0.25) is 0 Å². The Morgan fingerprint density at radius 3 is 2.24 bits per heavy atom. The lowest BCUT2D eigenvalue weighted by Crippen LogP contribution is -2.18. The second-order valence-electron chi connectivity index (χ2n) is 10.1. The van der Waals surface area contributed by atoms with Gasteiger partial charge in [0.05, 0.1) is 18.2 Å². The molecule has 0 saturated heterocycles. The van der Waals surface area contributed by atoms with E-state index in [2.05, 4.69) is 35.5 Å². The number of amides is 1. The van der Waals surface area contributed by atoms with Crippen LogP contribution in [0.2, 0.25) is 0 Å². The van der Waals surface area contributed by atoms with Crippen LogP contribution in [-0.2, 0) is 6.54 Å². The Hall–Kier alpha value is -2.40. The van der Waals surface area contributed by atoms with Crippen LogP contribution in [0.25, 0.3) is 0 Å². The number of rotatable bonds is 18. The largest absolute Gasteiger partial charge is 0.491 e. The summed E-state index contributed by atoms with van der Waals surface area (Å²) in [4.78, 5) is 15.3. The third-order valence-corrected chi connectivity index (χ3v) is 7.90. The molecule has 1 N–H and O–H groups in total. The molecule has 0 atom stereocenters. The second kappa shape index (κ2) is 17.2. The van der Waals surface area contributed by atoms with Crippen LogP contribution < -0.4 is 10.1 Å². The first kappa shape index (κ1) is 29.2. The van der Waals surface area contributed by atoms with Gasteiger partial charge in [-0.25, -0.2) is 0 Å². The number of benzene rings is 2. The maximum atomic E-state index is 13.0. The number of unbranched alkanes of at least 4 members (excludes halogenated alkanes) is 11. The van der Waals surface area contributed by atoms with Crippen molar-refractivity contribution in [3.63, 3.8) is 0 Å². The third kappa shape index (κ3) is 10.9. The molecule has 0 bridgehead atoms. The summed E-state index contributed by atoms with van der Waals surface area (Å²) >= 11 is 1.81. The molecule has 2 aromatic carbocycles. The van der Waals surface area contributed by atoms with Crippen molar-refractivity contribution in [2.45, 2.75) is 97.4 Å². The van der Waals surface area contributed by atoms with Crippen molar-refractivity contribution in [1.29, 1.82) is 0 Å². The minimum absolute atomic E-state index is 0.105. The predicted octanol–water partition coefficient (Wildman–Crippen LogP) is 9.39. The molecule has 5 heteroatoms. The highest BCUT2D eigenvalue weighted by atomic mass is 32.2. The number of nitrogens with zero attached hydrogens (tertiary/aromatic N) is 1. The molecule has 1 aliphatic rings. The van der Waals surface area contributed by atoms with Crippen molar-refractivity contribution in [2.75, 3.05) is 17.8 Å². The molecule has 1 amide bonds. The Labute approximate surface area is 229 Å². The molecule has 0 unspecified atom stereocenters. The van der Waals surface area contributed by atoms with Crippen molar-refractivity contribution < 1.29 is 9.53 Å². The fraction of sp³-hybridized carbons (Fsp3) is 0.531. The van der Waals surface area contributed by atoms with Crippen LogP contribution in [0.5, 0.6) is 5.75 Å². The SMILES string of the molecule is CCCCCCCCCCCCCCOc1ccccc1NC(=O)c1cccc(CN2CSC=C2C)c1. The molecule has 0 saturated carbocycles. The van der Waals surface area contributed by atoms with Crippen LogP contribution in [0.3, 0.4) is 0 Å². The van der Waals surface area contributed by atoms with Gasteiger partial charge in [0.25, 0.3) is 5.91 Å². The van der Waals surface area contributed by atoms with Gasteiger partial charge in [-0.2, -0.15) is 0 Å². The Morgan fingerprint density at radius 2 is 1.57 bits per heavy atom. The Bertz CT molecular complexity index is 975.